The standard InChI is InChI=1S/C18H26N4O2S/c1-13-11-14(2)19-16(12-13)20-18(25)22-5-3-15(4-6-22)17(23)21-7-9-24-10-8-21/h11-12,15H,3-10H2,1-2H3,(H,19,20,25). The summed E-state index contributed by atoms with van der Waals surface area (Å²) in [4.78, 5) is 21.1. The van der Waals surface area contributed by atoms with Gasteiger partial charge in [0.15, 0.2) is 5.11 Å². The van der Waals surface area contributed by atoms with Crippen LogP contribution in [0.5, 0.6) is 0 Å². The number of carbonyl (C=O) groups excluding carboxylic acids is 1. The van der Waals surface area contributed by atoms with Crippen molar-refractivity contribution in [3.05, 3.63) is 23.4 Å². The number of aromatic nitrogens is 1. The Morgan fingerprint density at radius 2 is 1.84 bits per heavy atom. The lowest BCUT2D eigenvalue weighted by molar-refractivity contribution is -0.140. The molecule has 2 fully saturated rings. The summed E-state index contributed by atoms with van der Waals surface area (Å²) in [6, 6.07) is 4.03. The van der Waals surface area contributed by atoms with Gasteiger partial charge < -0.3 is 19.9 Å². The molecule has 0 radical (unpaired) electrons. The highest BCUT2D eigenvalue weighted by Crippen LogP contribution is 2.21. The van der Waals surface area contributed by atoms with Crippen LogP contribution in [0.4, 0.5) is 5.82 Å². The summed E-state index contributed by atoms with van der Waals surface area (Å²) >= 11 is 5.53. The van der Waals surface area contributed by atoms with Gasteiger partial charge in [-0.1, -0.05) is 0 Å². The molecule has 1 aromatic rings. The summed E-state index contributed by atoms with van der Waals surface area (Å²) in [7, 11) is 0. The largest absolute Gasteiger partial charge is 0.378 e. The molecule has 6 nitrogen and oxygen atoms in total. The van der Waals surface area contributed by atoms with E-state index < -0.39 is 0 Å². The number of amides is 1. The van der Waals surface area contributed by atoms with E-state index in [0.717, 1.165) is 56.1 Å². The number of carbonyl (C=O) groups is 1. The van der Waals surface area contributed by atoms with Crippen molar-refractivity contribution < 1.29 is 9.53 Å². The van der Waals surface area contributed by atoms with Crippen molar-refractivity contribution in [1.29, 1.82) is 0 Å². The predicted molar refractivity (Wildman–Crippen MR) is 102 cm³/mol. The molecule has 136 valence electrons. The van der Waals surface area contributed by atoms with Gasteiger partial charge in [0.1, 0.15) is 5.82 Å². The van der Waals surface area contributed by atoms with Gasteiger partial charge in [0, 0.05) is 37.8 Å². The monoisotopic (exact) mass is 362 g/mol. The average Bonchev–Trinajstić information content (AvgIpc) is 2.61. The Hall–Kier alpha value is -1.73. The molecule has 2 aliphatic rings. The number of morpholine rings is 1. The van der Waals surface area contributed by atoms with Gasteiger partial charge in [-0.3, -0.25) is 4.79 Å². The third-order valence-electron chi connectivity index (χ3n) is 4.79. The van der Waals surface area contributed by atoms with Gasteiger partial charge >= 0.3 is 0 Å². The molecule has 25 heavy (non-hydrogen) atoms. The minimum absolute atomic E-state index is 0.108. The molecular weight excluding hydrogens is 336 g/mol. The molecule has 2 aliphatic heterocycles. The van der Waals surface area contributed by atoms with Crippen molar-refractivity contribution in [2.24, 2.45) is 5.92 Å². The maximum absolute atomic E-state index is 12.6. The van der Waals surface area contributed by atoms with Gasteiger partial charge in [0.25, 0.3) is 0 Å². The number of hydrogen-bond donors (Lipinski definition) is 1. The Kier molecular flexibility index (Phi) is 5.86. The molecule has 0 bridgehead atoms. The number of rotatable bonds is 2. The average molecular weight is 362 g/mol. The van der Waals surface area contributed by atoms with Crippen LogP contribution in [0.25, 0.3) is 0 Å². The third kappa shape index (κ3) is 4.67. The van der Waals surface area contributed by atoms with Gasteiger partial charge in [-0.2, -0.15) is 0 Å². The van der Waals surface area contributed by atoms with Crippen molar-refractivity contribution >= 4 is 29.1 Å². The number of nitrogens with zero attached hydrogens (tertiary/aromatic N) is 3. The molecule has 7 heteroatoms. The predicted octanol–water partition coefficient (Wildman–Crippen LogP) is 1.97. The molecule has 0 spiro atoms. The first kappa shape index (κ1) is 18.1. The van der Waals surface area contributed by atoms with Crippen LogP contribution >= 0.6 is 12.2 Å². The van der Waals surface area contributed by atoms with E-state index in [0.29, 0.717) is 18.3 Å². The maximum Gasteiger partial charge on any atom is 0.225 e. The number of nitrogens with one attached hydrogen (secondary N) is 1. The van der Waals surface area contributed by atoms with Crippen molar-refractivity contribution in [2.45, 2.75) is 26.7 Å². The Balaban J connectivity index is 1.51. The first-order valence-electron chi connectivity index (χ1n) is 8.90. The molecule has 0 aromatic carbocycles. The van der Waals surface area contributed by atoms with Crippen molar-refractivity contribution in [2.75, 3.05) is 44.7 Å². The second-order valence-corrected chi connectivity index (χ2v) is 7.19. The van der Waals surface area contributed by atoms with Crippen LogP contribution in [-0.2, 0) is 9.53 Å². The fourth-order valence-corrected chi connectivity index (χ4v) is 3.75. The lowest BCUT2D eigenvalue weighted by Crippen LogP contribution is -2.48. The smallest absolute Gasteiger partial charge is 0.225 e. The summed E-state index contributed by atoms with van der Waals surface area (Å²) in [5.41, 5.74) is 2.13. The highest BCUT2D eigenvalue weighted by molar-refractivity contribution is 7.80. The van der Waals surface area contributed by atoms with Gasteiger partial charge in [-0.05, 0) is 56.6 Å². The van der Waals surface area contributed by atoms with Crippen LogP contribution in [0, 0.1) is 19.8 Å². The van der Waals surface area contributed by atoms with E-state index in [1.165, 1.54) is 0 Å². The molecule has 1 N–H and O–H groups in total. The van der Waals surface area contributed by atoms with Crippen LogP contribution < -0.4 is 5.32 Å². The minimum Gasteiger partial charge on any atom is -0.378 e. The fraction of sp³-hybridized carbons (Fsp3) is 0.611. The zero-order valence-corrected chi connectivity index (χ0v) is 15.8. The van der Waals surface area contributed by atoms with E-state index in [2.05, 4.69) is 15.2 Å². The second kappa shape index (κ2) is 8.10. The molecular formula is C18H26N4O2S. The Labute approximate surface area is 154 Å². The summed E-state index contributed by atoms with van der Waals surface area (Å²) in [6.45, 7) is 8.38. The second-order valence-electron chi connectivity index (χ2n) is 6.80. The van der Waals surface area contributed by atoms with Crippen molar-refractivity contribution in [3.63, 3.8) is 0 Å². The topological polar surface area (TPSA) is 57.7 Å². The molecule has 2 saturated heterocycles. The Morgan fingerprint density at radius 3 is 2.48 bits per heavy atom. The van der Waals surface area contributed by atoms with Gasteiger partial charge in [-0.25, -0.2) is 4.98 Å². The number of aryl methyl sites for hydroxylation is 2. The zero-order valence-electron chi connectivity index (χ0n) is 15.0. The molecule has 1 amide bonds. The number of hydrogen-bond acceptors (Lipinski definition) is 4. The number of thiocarbonyl (C=S) groups is 1. The van der Waals surface area contributed by atoms with Crippen LogP contribution in [-0.4, -0.2) is 65.2 Å². The maximum atomic E-state index is 12.6. The van der Waals surface area contributed by atoms with E-state index in [-0.39, 0.29) is 11.8 Å². The molecule has 0 aliphatic carbocycles. The number of pyridine rings is 1. The van der Waals surface area contributed by atoms with E-state index in [4.69, 9.17) is 17.0 Å². The summed E-state index contributed by atoms with van der Waals surface area (Å²) < 4.78 is 5.33. The van der Waals surface area contributed by atoms with E-state index in [1.807, 2.05) is 30.9 Å². The normalized spacial score (nSPS) is 19.0. The lowest BCUT2D eigenvalue weighted by Gasteiger charge is -2.36. The highest BCUT2D eigenvalue weighted by Gasteiger charge is 2.30. The molecule has 3 rings (SSSR count). The first-order valence-corrected chi connectivity index (χ1v) is 9.31. The SMILES string of the molecule is Cc1cc(C)nc(NC(=S)N2CCC(C(=O)N3CCOCC3)CC2)c1. The first-order chi connectivity index (χ1) is 12.0. The van der Waals surface area contributed by atoms with Gasteiger partial charge in [0.2, 0.25) is 5.91 Å². The van der Waals surface area contributed by atoms with Gasteiger partial charge in [-0.15, -0.1) is 0 Å². The number of ether oxygens (including phenoxy) is 1. The fourth-order valence-electron chi connectivity index (χ4n) is 3.47. The molecule has 3 heterocycles. The van der Waals surface area contributed by atoms with E-state index >= 15 is 0 Å². The van der Waals surface area contributed by atoms with Crippen LogP contribution in [0.2, 0.25) is 0 Å². The van der Waals surface area contributed by atoms with Gasteiger partial charge in [0.05, 0.1) is 13.2 Å². The van der Waals surface area contributed by atoms with Crippen molar-refractivity contribution in [1.82, 2.24) is 14.8 Å². The Bertz CT molecular complexity index is 618. The zero-order chi connectivity index (χ0) is 17.8. The molecule has 1 aromatic heterocycles. The number of likely N-dealkylation sites (tertiary alicyclic amines) is 1. The van der Waals surface area contributed by atoms with Crippen LogP contribution in [0.15, 0.2) is 12.1 Å². The summed E-state index contributed by atoms with van der Waals surface area (Å²) in [5.74, 6) is 1.17. The lowest BCUT2D eigenvalue weighted by atomic mass is 9.95. The summed E-state index contributed by atoms with van der Waals surface area (Å²) in [5, 5.41) is 3.92. The van der Waals surface area contributed by atoms with E-state index in [9.17, 15) is 4.79 Å². The van der Waals surface area contributed by atoms with E-state index in [1.54, 1.807) is 0 Å². The van der Waals surface area contributed by atoms with Crippen LogP contribution in [0.1, 0.15) is 24.1 Å². The van der Waals surface area contributed by atoms with Crippen molar-refractivity contribution in [3.8, 4) is 0 Å². The van der Waals surface area contributed by atoms with Crippen LogP contribution in [0.3, 0.4) is 0 Å². The minimum atomic E-state index is 0.108. The molecule has 0 saturated carbocycles. The summed E-state index contributed by atoms with van der Waals surface area (Å²) in [6.07, 6.45) is 1.69. The number of anilines is 1. The Morgan fingerprint density at radius 1 is 1.16 bits per heavy atom. The number of piperidine rings is 1. The molecule has 0 atom stereocenters. The quantitative estimate of drug-likeness (QED) is 0.812. The molecule has 0 unspecified atom stereocenters. The third-order valence-corrected chi connectivity index (χ3v) is 5.15. The highest BCUT2D eigenvalue weighted by atomic mass is 32.1.